The minimum absolute atomic E-state index is 0.00844. The molecule has 0 radical (unpaired) electrons. The van der Waals surface area contributed by atoms with Gasteiger partial charge in [0.25, 0.3) is 0 Å². The van der Waals surface area contributed by atoms with Gasteiger partial charge in [0.2, 0.25) is 5.91 Å². The van der Waals surface area contributed by atoms with Crippen LogP contribution in [0.1, 0.15) is 6.92 Å². The number of rotatable bonds is 6. The highest BCUT2D eigenvalue weighted by Gasteiger charge is 2.27. The lowest BCUT2D eigenvalue weighted by Gasteiger charge is -2.16. The van der Waals surface area contributed by atoms with E-state index in [0.29, 0.717) is 29.7 Å². The molecule has 0 atom stereocenters. The molecule has 7 nitrogen and oxygen atoms in total. The van der Waals surface area contributed by atoms with E-state index in [1.165, 1.54) is 29.6 Å². The number of nitrogens with zero attached hydrogens (tertiary/aromatic N) is 4. The number of hydrogen-bond donors (Lipinski definition) is 0. The maximum absolute atomic E-state index is 11.9. The van der Waals surface area contributed by atoms with Gasteiger partial charge in [0.1, 0.15) is 6.33 Å². The molecule has 0 N–H and O–H groups in total. The van der Waals surface area contributed by atoms with Crippen LogP contribution in [0.15, 0.2) is 22.6 Å². The van der Waals surface area contributed by atoms with E-state index in [0.717, 1.165) is 5.16 Å². The molecule has 1 saturated heterocycles. The monoisotopic (exact) mass is 328 g/mol. The minimum Gasteiger partial charge on any atom is -0.463 e. The van der Waals surface area contributed by atoms with E-state index in [4.69, 9.17) is 4.74 Å². The van der Waals surface area contributed by atoms with Crippen molar-refractivity contribution in [1.82, 2.24) is 19.7 Å². The van der Waals surface area contributed by atoms with Gasteiger partial charge in [-0.15, -0.1) is 10.2 Å². The first-order valence-corrected chi connectivity index (χ1v) is 8.37. The van der Waals surface area contributed by atoms with Crippen molar-refractivity contribution < 1.29 is 14.3 Å². The Balaban J connectivity index is 1.91. The molecule has 1 fully saturated rings. The SMILES string of the molecule is CCOC(=O)/C=C1\SCC(=O)N1CCSc1nncn1C. The number of aromatic nitrogens is 3. The summed E-state index contributed by atoms with van der Waals surface area (Å²) in [6, 6.07) is 0. The lowest BCUT2D eigenvalue weighted by molar-refractivity contribution is -0.137. The van der Waals surface area contributed by atoms with Crippen molar-refractivity contribution in [2.45, 2.75) is 12.1 Å². The van der Waals surface area contributed by atoms with Crippen molar-refractivity contribution in [1.29, 1.82) is 0 Å². The van der Waals surface area contributed by atoms with Crippen LogP contribution in [0.25, 0.3) is 0 Å². The second-order valence-corrected chi connectivity index (χ2v) is 6.20. The predicted octanol–water partition coefficient (Wildman–Crippen LogP) is 0.887. The fourth-order valence-corrected chi connectivity index (χ4v) is 3.45. The zero-order valence-corrected chi connectivity index (χ0v) is 13.4. The molecule has 0 aromatic carbocycles. The van der Waals surface area contributed by atoms with E-state index in [9.17, 15) is 9.59 Å². The Morgan fingerprint density at radius 2 is 2.43 bits per heavy atom. The lowest BCUT2D eigenvalue weighted by atomic mass is 10.5. The Morgan fingerprint density at radius 3 is 3.10 bits per heavy atom. The number of carbonyl (C=O) groups is 2. The lowest BCUT2D eigenvalue weighted by Crippen LogP contribution is -2.27. The van der Waals surface area contributed by atoms with Crippen LogP contribution < -0.4 is 0 Å². The Morgan fingerprint density at radius 1 is 1.62 bits per heavy atom. The fourth-order valence-electron chi connectivity index (χ4n) is 1.69. The Hall–Kier alpha value is -1.48. The highest BCUT2D eigenvalue weighted by Crippen LogP contribution is 2.29. The van der Waals surface area contributed by atoms with E-state index in [1.807, 2.05) is 11.6 Å². The molecule has 0 unspecified atom stereocenters. The molecule has 1 aliphatic heterocycles. The van der Waals surface area contributed by atoms with Crippen LogP contribution in [-0.4, -0.2) is 56.2 Å². The Labute approximate surface area is 131 Å². The van der Waals surface area contributed by atoms with Crippen molar-refractivity contribution in [3.05, 3.63) is 17.4 Å². The van der Waals surface area contributed by atoms with E-state index in [-0.39, 0.29) is 5.91 Å². The molecule has 0 saturated carbocycles. The molecule has 0 spiro atoms. The van der Waals surface area contributed by atoms with Gasteiger partial charge in [-0.2, -0.15) is 0 Å². The number of ether oxygens (including phenoxy) is 1. The standard InChI is InChI=1S/C12H16N4O3S2/c1-3-19-11(18)6-10-16(9(17)7-21-10)4-5-20-12-14-13-8-15(12)2/h6,8H,3-5,7H2,1-2H3/b10-6-. The summed E-state index contributed by atoms with van der Waals surface area (Å²) in [5, 5.41) is 9.21. The summed E-state index contributed by atoms with van der Waals surface area (Å²) in [6.07, 6.45) is 3.01. The summed E-state index contributed by atoms with van der Waals surface area (Å²) in [5.41, 5.74) is 0. The summed E-state index contributed by atoms with van der Waals surface area (Å²) in [4.78, 5) is 24.9. The second kappa shape index (κ2) is 7.51. The number of thioether (sulfide) groups is 2. The first-order valence-electron chi connectivity index (χ1n) is 6.40. The van der Waals surface area contributed by atoms with Crippen LogP contribution in [0.2, 0.25) is 0 Å². The zero-order chi connectivity index (χ0) is 15.2. The van der Waals surface area contributed by atoms with E-state index in [2.05, 4.69) is 10.2 Å². The Bertz CT molecular complexity index is 558. The van der Waals surface area contributed by atoms with Gasteiger partial charge in [0.15, 0.2) is 5.16 Å². The molecule has 1 amide bonds. The van der Waals surface area contributed by atoms with Gasteiger partial charge >= 0.3 is 5.97 Å². The van der Waals surface area contributed by atoms with Gasteiger partial charge < -0.3 is 14.2 Å². The first kappa shape index (κ1) is 15.9. The Kier molecular flexibility index (Phi) is 5.68. The van der Waals surface area contributed by atoms with Crippen LogP contribution in [0.4, 0.5) is 0 Å². The normalized spacial score (nSPS) is 16.8. The van der Waals surface area contributed by atoms with E-state index < -0.39 is 5.97 Å². The van der Waals surface area contributed by atoms with Gasteiger partial charge in [-0.25, -0.2) is 4.79 Å². The first-order chi connectivity index (χ1) is 10.1. The maximum atomic E-state index is 11.9. The van der Waals surface area contributed by atoms with E-state index >= 15 is 0 Å². The predicted molar refractivity (Wildman–Crippen MR) is 80.6 cm³/mol. The van der Waals surface area contributed by atoms with Crippen molar-refractivity contribution >= 4 is 35.4 Å². The zero-order valence-electron chi connectivity index (χ0n) is 11.8. The van der Waals surface area contributed by atoms with Crippen LogP contribution >= 0.6 is 23.5 Å². The second-order valence-electron chi connectivity index (χ2n) is 4.14. The summed E-state index contributed by atoms with van der Waals surface area (Å²) in [7, 11) is 1.87. The molecule has 2 heterocycles. The van der Waals surface area contributed by atoms with Crippen molar-refractivity contribution in [2.75, 3.05) is 24.7 Å². The highest BCUT2D eigenvalue weighted by atomic mass is 32.2. The molecule has 114 valence electrons. The molecule has 9 heteroatoms. The molecular formula is C12H16N4O3S2. The third kappa shape index (κ3) is 4.24. The number of carbonyl (C=O) groups excluding carboxylic acids is 2. The maximum Gasteiger partial charge on any atom is 0.333 e. The summed E-state index contributed by atoms with van der Waals surface area (Å²) >= 11 is 2.87. The van der Waals surface area contributed by atoms with Crippen molar-refractivity contribution in [2.24, 2.45) is 7.05 Å². The third-order valence-electron chi connectivity index (χ3n) is 2.65. The summed E-state index contributed by atoms with van der Waals surface area (Å²) in [5.74, 6) is 0.633. The van der Waals surface area contributed by atoms with Crippen LogP contribution in [0, 0.1) is 0 Å². The number of aryl methyl sites for hydroxylation is 1. The van der Waals surface area contributed by atoms with Gasteiger partial charge in [0, 0.05) is 19.3 Å². The average Bonchev–Trinajstić information content (AvgIpc) is 2.99. The molecular weight excluding hydrogens is 312 g/mol. The number of hydrogen-bond acceptors (Lipinski definition) is 7. The van der Waals surface area contributed by atoms with Crippen LogP contribution in [0.3, 0.4) is 0 Å². The molecule has 1 aromatic rings. The number of amides is 1. The molecule has 21 heavy (non-hydrogen) atoms. The molecule has 1 aliphatic rings. The smallest absolute Gasteiger partial charge is 0.333 e. The molecule has 1 aromatic heterocycles. The highest BCUT2D eigenvalue weighted by molar-refractivity contribution is 8.04. The third-order valence-corrected chi connectivity index (χ3v) is 4.69. The van der Waals surface area contributed by atoms with Crippen molar-refractivity contribution in [3.8, 4) is 0 Å². The topological polar surface area (TPSA) is 77.3 Å². The van der Waals surface area contributed by atoms with E-state index in [1.54, 1.807) is 18.2 Å². The molecule has 0 bridgehead atoms. The van der Waals surface area contributed by atoms with Crippen LogP contribution in [0.5, 0.6) is 0 Å². The summed E-state index contributed by atoms with van der Waals surface area (Å²) < 4.78 is 6.69. The van der Waals surface area contributed by atoms with Crippen LogP contribution in [-0.2, 0) is 21.4 Å². The fraction of sp³-hybridized carbons (Fsp3) is 0.500. The quantitative estimate of drug-likeness (QED) is 0.436. The molecule has 2 rings (SSSR count). The van der Waals surface area contributed by atoms with Gasteiger partial charge in [-0.3, -0.25) is 4.79 Å². The molecule has 0 aliphatic carbocycles. The average molecular weight is 328 g/mol. The van der Waals surface area contributed by atoms with Gasteiger partial charge in [0.05, 0.1) is 23.5 Å². The number of esters is 1. The van der Waals surface area contributed by atoms with Gasteiger partial charge in [-0.05, 0) is 6.92 Å². The minimum atomic E-state index is -0.416. The largest absolute Gasteiger partial charge is 0.463 e. The van der Waals surface area contributed by atoms with Gasteiger partial charge in [-0.1, -0.05) is 23.5 Å². The summed E-state index contributed by atoms with van der Waals surface area (Å²) in [6.45, 7) is 2.59. The van der Waals surface area contributed by atoms with Crippen molar-refractivity contribution in [3.63, 3.8) is 0 Å².